The van der Waals surface area contributed by atoms with Crippen LogP contribution >= 0.6 is 11.6 Å². The molecule has 0 aliphatic carbocycles. The molecule has 0 radical (unpaired) electrons. The van der Waals surface area contributed by atoms with E-state index in [4.69, 9.17) is 11.6 Å². The second-order valence-electron chi connectivity index (χ2n) is 8.73. The van der Waals surface area contributed by atoms with Gasteiger partial charge in [0.05, 0.1) is 0 Å². The summed E-state index contributed by atoms with van der Waals surface area (Å²) < 4.78 is 0. The minimum Gasteiger partial charge on any atom is -0.102 e. The lowest BCUT2D eigenvalue weighted by molar-refractivity contribution is 1.67. The summed E-state index contributed by atoms with van der Waals surface area (Å²) in [6.07, 6.45) is 0. The Labute approximate surface area is 189 Å². The lowest BCUT2D eigenvalue weighted by Gasteiger charge is -2.23. The molecule has 0 heterocycles. The average Bonchev–Trinajstić information content (AvgIpc) is 2.67. The quantitative estimate of drug-likeness (QED) is 0.386. The second kappa shape index (κ2) is 8.03. The molecule has 0 nitrogen and oxygen atoms in total. The van der Waals surface area contributed by atoms with Crippen molar-refractivity contribution in [2.24, 2.45) is 0 Å². The Balaban J connectivity index is 2.37. The van der Waals surface area contributed by atoms with E-state index in [1.807, 2.05) is 0 Å². The van der Waals surface area contributed by atoms with Crippen LogP contribution in [0.2, 0.25) is 5.02 Å². The molecule has 0 saturated heterocycles. The Bertz CT molecular complexity index is 1030. The van der Waals surface area contributed by atoms with Gasteiger partial charge in [0, 0.05) is 5.02 Å². The van der Waals surface area contributed by atoms with Gasteiger partial charge in [-0.1, -0.05) is 33.5 Å². The largest absolute Gasteiger partial charge is 0.139 e. The van der Waals surface area contributed by atoms with E-state index in [2.05, 4.69) is 96.7 Å². The Morgan fingerprint density at radius 3 is 0.897 bits per heavy atom. The van der Waals surface area contributed by atoms with Crippen LogP contribution in [0.15, 0.2) is 18.2 Å². The zero-order valence-corrected chi connectivity index (χ0v) is 20.4. The molecule has 3 rings (SSSR count). The van der Waals surface area contributed by atoms with Crippen molar-refractivity contribution in [2.45, 2.75) is 0 Å². The van der Waals surface area contributed by atoms with Crippen molar-refractivity contribution in [2.75, 3.05) is 0 Å². The van der Waals surface area contributed by atoms with Crippen LogP contribution in [0, 0.1) is 0 Å². The first-order valence-electron chi connectivity index (χ1n) is 10.4. The first kappa shape index (κ1) is 22.3. The SMILES string of the molecule is Bc1c(B)c(B)c(-c2cc(Cl)cc(-c3c(B)c(B)c(B)c(B)c3B)c2)c(B)c1B. The number of hydrogen-bond acceptors (Lipinski definition) is 0. The van der Waals surface area contributed by atoms with Gasteiger partial charge in [0.2, 0.25) is 0 Å². The van der Waals surface area contributed by atoms with E-state index >= 15 is 0 Å². The van der Waals surface area contributed by atoms with Gasteiger partial charge in [-0.05, 0) is 40.5 Å². The van der Waals surface area contributed by atoms with Gasteiger partial charge in [-0.25, -0.2) is 0 Å². The third-order valence-electron chi connectivity index (χ3n) is 7.48. The molecular formula is C18H23B10Cl. The van der Waals surface area contributed by atoms with Crippen LogP contribution in [-0.2, 0) is 0 Å². The van der Waals surface area contributed by atoms with E-state index in [0.29, 0.717) is 0 Å². The fourth-order valence-electron chi connectivity index (χ4n) is 4.74. The molecule has 132 valence electrons. The molecular weight excluding hydrogens is 360 g/mol. The molecule has 11 heteroatoms. The van der Waals surface area contributed by atoms with Gasteiger partial charge in [0.15, 0.2) is 0 Å². The molecule has 0 fully saturated rings. The summed E-state index contributed by atoms with van der Waals surface area (Å²) in [5.41, 5.74) is 18.8. The highest BCUT2D eigenvalue weighted by Crippen LogP contribution is 2.26. The minimum atomic E-state index is 0.793. The zero-order chi connectivity index (χ0) is 21.8. The first-order chi connectivity index (χ1) is 13.5. The average molecular weight is 383 g/mol. The lowest BCUT2D eigenvalue weighted by Crippen LogP contribution is -2.55. The van der Waals surface area contributed by atoms with E-state index in [1.54, 1.807) is 0 Å². The van der Waals surface area contributed by atoms with Crippen molar-refractivity contribution in [3.8, 4) is 22.3 Å². The van der Waals surface area contributed by atoms with Crippen LogP contribution in [0.3, 0.4) is 0 Å². The molecule has 0 amide bonds. The van der Waals surface area contributed by atoms with Crippen molar-refractivity contribution in [1.82, 2.24) is 0 Å². The highest BCUT2D eigenvalue weighted by Gasteiger charge is 2.17. The van der Waals surface area contributed by atoms with E-state index in [0.717, 1.165) is 5.02 Å². The topological polar surface area (TPSA) is 0 Å². The minimum absolute atomic E-state index is 0.793. The summed E-state index contributed by atoms with van der Waals surface area (Å²) in [5.74, 6) is 0. The fraction of sp³-hybridized carbons (Fsp3) is 0. The van der Waals surface area contributed by atoms with Crippen molar-refractivity contribution < 1.29 is 0 Å². The maximum absolute atomic E-state index is 6.68. The summed E-state index contributed by atoms with van der Waals surface area (Å²) in [7, 11) is 22.3. The van der Waals surface area contributed by atoms with Crippen LogP contribution in [0.4, 0.5) is 0 Å². The molecule has 0 unspecified atom stereocenters. The Kier molecular flexibility index (Phi) is 6.17. The lowest BCUT2D eigenvalue weighted by atomic mass is 9.59. The molecule has 0 spiro atoms. The zero-order valence-electron chi connectivity index (χ0n) is 19.6. The summed E-state index contributed by atoms with van der Waals surface area (Å²) >= 11 is 6.68. The normalized spacial score (nSPS) is 10.9. The predicted octanol–water partition coefficient (Wildman–Crippen LogP) is -11.7. The van der Waals surface area contributed by atoms with Crippen LogP contribution in [0.5, 0.6) is 0 Å². The van der Waals surface area contributed by atoms with Gasteiger partial charge >= 0.3 is 0 Å². The van der Waals surface area contributed by atoms with Crippen molar-refractivity contribution in [3.05, 3.63) is 23.2 Å². The number of hydrogen-bond donors (Lipinski definition) is 0. The molecule has 0 aliphatic heterocycles. The van der Waals surface area contributed by atoms with Crippen LogP contribution in [0.1, 0.15) is 0 Å². The van der Waals surface area contributed by atoms with E-state index in [9.17, 15) is 0 Å². The van der Waals surface area contributed by atoms with Crippen molar-refractivity contribution in [3.63, 3.8) is 0 Å². The molecule has 0 N–H and O–H groups in total. The molecule has 29 heavy (non-hydrogen) atoms. The number of rotatable bonds is 2. The van der Waals surface area contributed by atoms with Gasteiger partial charge in [-0.15, -0.1) is 32.8 Å². The van der Waals surface area contributed by atoms with Crippen LogP contribution in [0.25, 0.3) is 22.3 Å². The maximum Gasteiger partial charge on any atom is 0.139 e. The van der Waals surface area contributed by atoms with Crippen molar-refractivity contribution in [1.29, 1.82) is 0 Å². The predicted molar refractivity (Wildman–Crippen MR) is 164 cm³/mol. The van der Waals surface area contributed by atoms with Gasteiger partial charge in [0.1, 0.15) is 78.5 Å². The monoisotopic (exact) mass is 384 g/mol. The van der Waals surface area contributed by atoms with E-state index in [-0.39, 0.29) is 0 Å². The van der Waals surface area contributed by atoms with Crippen LogP contribution in [-0.4, -0.2) is 78.5 Å². The Morgan fingerprint density at radius 1 is 0.379 bits per heavy atom. The standard InChI is InChI=1S/C18H23B10Cl/c19-9-7(10(20)14(24)17(27)13(9)23)4-1-5(3-6(29)2-4)8-11(21)15(25)18(28)16(26)12(8)22/h1-3H,19-28H2. The van der Waals surface area contributed by atoms with Crippen molar-refractivity contribution >= 4 is 145 Å². The molecule has 0 atom stereocenters. The summed E-state index contributed by atoms with van der Waals surface area (Å²) in [4.78, 5) is 0. The second-order valence-corrected chi connectivity index (χ2v) is 9.17. The maximum atomic E-state index is 6.68. The first-order valence-corrected chi connectivity index (χ1v) is 10.8. The smallest absolute Gasteiger partial charge is 0.102 e. The number of benzene rings is 3. The Hall–Kier alpha value is -1.40. The molecule has 0 aliphatic rings. The van der Waals surface area contributed by atoms with Gasteiger partial charge < -0.3 is 0 Å². The molecule has 3 aromatic rings. The highest BCUT2D eigenvalue weighted by molar-refractivity contribution is 6.70. The summed E-state index contributed by atoms with van der Waals surface area (Å²) in [5, 5.41) is 0.793. The fourth-order valence-corrected chi connectivity index (χ4v) is 4.98. The molecule has 0 aromatic heterocycles. The summed E-state index contributed by atoms with van der Waals surface area (Å²) in [6.45, 7) is 0. The summed E-state index contributed by atoms with van der Waals surface area (Å²) in [6, 6.07) is 6.57. The Morgan fingerprint density at radius 2 is 0.621 bits per heavy atom. The third kappa shape index (κ3) is 3.63. The highest BCUT2D eigenvalue weighted by atomic mass is 35.5. The molecule has 0 bridgehead atoms. The molecule has 0 saturated carbocycles. The molecule has 3 aromatic carbocycles. The van der Waals surface area contributed by atoms with Gasteiger partial charge in [0.25, 0.3) is 0 Å². The van der Waals surface area contributed by atoms with E-state index in [1.165, 1.54) is 76.9 Å². The van der Waals surface area contributed by atoms with Gasteiger partial charge in [-0.3, -0.25) is 0 Å². The van der Waals surface area contributed by atoms with Gasteiger partial charge in [-0.2, -0.15) is 0 Å². The van der Waals surface area contributed by atoms with E-state index < -0.39 is 0 Å². The third-order valence-corrected chi connectivity index (χ3v) is 7.69. The number of halogens is 1. The van der Waals surface area contributed by atoms with Crippen LogP contribution < -0.4 is 54.6 Å².